The fourth-order valence-electron chi connectivity index (χ4n) is 1.99. The van der Waals surface area contributed by atoms with E-state index in [4.69, 9.17) is 0 Å². The van der Waals surface area contributed by atoms with Crippen molar-refractivity contribution < 1.29 is 18.0 Å². The Bertz CT molecular complexity index is 267. The molecule has 94 valence electrons. The Morgan fingerprint density at radius 2 is 1.88 bits per heavy atom. The van der Waals surface area contributed by atoms with E-state index in [1.165, 1.54) is 0 Å². The summed E-state index contributed by atoms with van der Waals surface area (Å²) in [6.45, 7) is 6.05. The number of carbonyl (C=O) groups is 1. The van der Waals surface area contributed by atoms with Crippen molar-refractivity contribution in [3.63, 3.8) is 0 Å². The quantitative estimate of drug-likeness (QED) is 0.686. The summed E-state index contributed by atoms with van der Waals surface area (Å²) in [7, 11) is 0. The number of nitrogens with zero attached hydrogens (tertiary/aromatic N) is 1. The molecular weight excluding hydrogens is 219 g/mol. The highest BCUT2D eigenvalue weighted by molar-refractivity contribution is 5.81. The van der Waals surface area contributed by atoms with Gasteiger partial charge >= 0.3 is 6.18 Å². The lowest BCUT2D eigenvalue weighted by Crippen LogP contribution is -2.38. The van der Waals surface area contributed by atoms with Crippen molar-refractivity contribution in [2.24, 2.45) is 11.3 Å². The first-order valence-corrected chi connectivity index (χ1v) is 5.46. The minimum absolute atomic E-state index is 0.0582. The second-order valence-electron chi connectivity index (χ2n) is 5.48. The van der Waals surface area contributed by atoms with E-state index in [0.29, 0.717) is 13.0 Å². The van der Waals surface area contributed by atoms with Gasteiger partial charge in [-0.2, -0.15) is 13.2 Å². The maximum absolute atomic E-state index is 12.2. The predicted molar refractivity (Wildman–Crippen MR) is 54.8 cm³/mol. The van der Waals surface area contributed by atoms with E-state index in [0.717, 1.165) is 0 Å². The zero-order valence-electron chi connectivity index (χ0n) is 9.90. The van der Waals surface area contributed by atoms with E-state index in [9.17, 15) is 18.0 Å². The van der Waals surface area contributed by atoms with Crippen LogP contribution in [0.15, 0.2) is 0 Å². The lowest BCUT2D eigenvalue weighted by atomic mass is 9.95. The van der Waals surface area contributed by atoms with Crippen molar-refractivity contribution in [3.05, 3.63) is 0 Å². The summed E-state index contributed by atoms with van der Waals surface area (Å²) in [6, 6.07) is 0. The average molecular weight is 237 g/mol. The van der Waals surface area contributed by atoms with Crippen LogP contribution in [0.2, 0.25) is 0 Å². The molecule has 1 aliphatic rings. The minimum Gasteiger partial charge on any atom is -0.342 e. The molecule has 0 radical (unpaired) electrons. The van der Waals surface area contributed by atoms with Crippen molar-refractivity contribution >= 4 is 5.91 Å². The topological polar surface area (TPSA) is 20.3 Å². The molecule has 1 rings (SSSR count). The summed E-state index contributed by atoms with van der Waals surface area (Å²) >= 11 is 0. The van der Waals surface area contributed by atoms with Gasteiger partial charge in [-0.3, -0.25) is 4.79 Å². The fourth-order valence-corrected chi connectivity index (χ4v) is 1.99. The monoisotopic (exact) mass is 237 g/mol. The molecule has 0 spiro atoms. The van der Waals surface area contributed by atoms with Crippen molar-refractivity contribution in [2.75, 3.05) is 13.1 Å². The fraction of sp³-hybridized carbons (Fsp3) is 0.909. The number of rotatable bonds is 1. The summed E-state index contributed by atoms with van der Waals surface area (Å²) < 4.78 is 36.5. The molecule has 0 saturated carbocycles. The first-order valence-electron chi connectivity index (χ1n) is 5.46. The summed E-state index contributed by atoms with van der Waals surface area (Å²) in [5.74, 6) is -0.483. The molecule has 1 amide bonds. The zero-order valence-corrected chi connectivity index (χ0v) is 9.90. The maximum atomic E-state index is 12.2. The van der Waals surface area contributed by atoms with E-state index >= 15 is 0 Å². The number of alkyl halides is 3. The van der Waals surface area contributed by atoms with Crippen LogP contribution in [0.1, 0.15) is 33.6 Å². The van der Waals surface area contributed by atoms with Crippen LogP contribution in [-0.4, -0.2) is 30.1 Å². The van der Waals surface area contributed by atoms with Gasteiger partial charge in [0.15, 0.2) is 0 Å². The molecule has 2 nitrogen and oxygen atoms in total. The van der Waals surface area contributed by atoms with Gasteiger partial charge in [-0.05, 0) is 12.3 Å². The standard InChI is InChI=1S/C11H18F3NO/c1-10(2,3)9(16)15-5-4-8(7-15)6-11(12,13)14/h8H,4-7H2,1-3H3. The third kappa shape index (κ3) is 3.68. The number of hydrogen-bond donors (Lipinski definition) is 0. The number of likely N-dealkylation sites (tertiary alicyclic amines) is 1. The smallest absolute Gasteiger partial charge is 0.342 e. The van der Waals surface area contributed by atoms with Crippen LogP contribution in [0.4, 0.5) is 13.2 Å². The van der Waals surface area contributed by atoms with Gasteiger partial charge in [0.2, 0.25) is 5.91 Å². The van der Waals surface area contributed by atoms with Crippen LogP contribution in [0.5, 0.6) is 0 Å². The van der Waals surface area contributed by atoms with Gasteiger partial charge in [0, 0.05) is 24.9 Å². The highest BCUT2D eigenvalue weighted by Gasteiger charge is 2.38. The number of hydrogen-bond acceptors (Lipinski definition) is 1. The lowest BCUT2D eigenvalue weighted by Gasteiger charge is -2.25. The molecule has 1 unspecified atom stereocenters. The third-order valence-electron chi connectivity index (χ3n) is 2.73. The number of halogens is 3. The molecule has 0 aromatic carbocycles. The molecule has 0 N–H and O–H groups in total. The molecule has 0 bridgehead atoms. The molecule has 1 saturated heterocycles. The van der Waals surface area contributed by atoms with Crippen molar-refractivity contribution in [3.8, 4) is 0 Å². The van der Waals surface area contributed by atoms with Crippen LogP contribution < -0.4 is 0 Å². The second kappa shape index (κ2) is 4.26. The van der Waals surface area contributed by atoms with E-state index in [1.807, 2.05) is 0 Å². The van der Waals surface area contributed by atoms with Crippen molar-refractivity contribution in [1.82, 2.24) is 4.90 Å². The Hall–Kier alpha value is -0.740. The SMILES string of the molecule is CC(C)(C)C(=O)N1CCC(CC(F)(F)F)C1. The Kier molecular flexibility index (Phi) is 3.55. The molecule has 0 aromatic rings. The highest BCUT2D eigenvalue weighted by Crippen LogP contribution is 2.32. The molecule has 5 heteroatoms. The maximum Gasteiger partial charge on any atom is 0.389 e. The van der Waals surface area contributed by atoms with Crippen LogP contribution in [-0.2, 0) is 4.79 Å². The average Bonchev–Trinajstić information content (AvgIpc) is 2.46. The van der Waals surface area contributed by atoms with Crippen molar-refractivity contribution in [1.29, 1.82) is 0 Å². The van der Waals surface area contributed by atoms with Gasteiger partial charge in [-0.25, -0.2) is 0 Å². The van der Waals surface area contributed by atoms with E-state index in [2.05, 4.69) is 0 Å². The molecule has 16 heavy (non-hydrogen) atoms. The molecule has 1 atom stereocenters. The van der Waals surface area contributed by atoms with Crippen molar-refractivity contribution in [2.45, 2.75) is 39.8 Å². The minimum atomic E-state index is -4.12. The van der Waals surface area contributed by atoms with Gasteiger partial charge in [-0.15, -0.1) is 0 Å². The summed E-state index contributed by atoms with van der Waals surface area (Å²) in [5, 5.41) is 0. The number of amides is 1. The molecule has 0 aliphatic carbocycles. The molecule has 1 aliphatic heterocycles. The largest absolute Gasteiger partial charge is 0.389 e. The van der Waals surface area contributed by atoms with Crippen LogP contribution in [0, 0.1) is 11.3 Å². The first kappa shape index (κ1) is 13.3. The lowest BCUT2D eigenvalue weighted by molar-refractivity contribution is -0.146. The zero-order chi connectivity index (χ0) is 12.6. The summed E-state index contributed by atoms with van der Waals surface area (Å²) in [4.78, 5) is 13.4. The highest BCUT2D eigenvalue weighted by atomic mass is 19.4. The molecule has 0 aromatic heterocycles. The van der Waals surface area contributed by atoms with Crippen LogP contribution in [0.3, 0.4) is 0 Å². The Labute approximate surface area is 93.8 Å². The second-order valence-corrected chi connectivity index (χ2v) is 5.48. The summed E-state index contributed by atoms with van der Waals surface area (Å²) in [5.41, 5.74) is -0.507. The van der Waals surface area contributed by atoms with Gasteiger partial charge in [0.25, 0.3) is 0 Å². The summed E-state index contributed by atoms with van der Waals surface area (Å²) in [6.07, 6.45) is -4.44. The predicted octanol–water partition coefficient (Wildman–Crippen LogP) is 2.83. The molecular formula is C11H18F3NO. The Morgan fingerprint density at radius 3 is 2.31 bits per heavy atom. The Balaban J connectivity index is 2.50. The van der Waals surface area contributed by atoms with Crippen LogP contribution >= 0.6 is 0 Å². The van der Waals surface area contributed by atoms with Crippen LogP contribution in [0.25, 0.3) is 0 Å². The Morgan fingerprint density at radius 1 is 1.31 bits per heavy atom. The number of carbonyl (C=O) groups excluding carboxylic acids is 1. The normalized spacial score (nSPS) is 22.6. The molecule has 1 heterocycles. The van der Waals surface area contributed by atoms with Gasteiger partial charge < -0.3 is 4.90 Å². The van der Waals surface area contributed by atoms with E-state index in [1.54, 1.807) is 25.7 Å². The van der Waals surface area contributed by atoms with Gasteiger partial charge in [0.05, 0.1) is 0 Å². The third-order valence-corrected chi connectivity index (χ3v) is 2.73. The first-order chi connectivity index (χ1) is 7.09. The van der Waals surface area contributed by atoms with Gasteiger partial charge in [0.1, 0.15) is 0 Å². The van der Waals surface area contributed by atoms with Gasteiger partial charge in [-0.1, -0.05) is 20.8 Å². The van der Waals surface area contributed by atoms with E-state index in [-0.39, 0.29) is 12.5 Å². The molecule has 1 fully saturated rings. The van der Waals surface area contributed by atoms with E-state index < -0.39 is 23.9 Å².